The Hall–Kier alpha value is -2.95. The van der Waals surface area contributed by atoms with Crippen molar-refractivity contribution in [2.45, 2.75) is 13.3 Å². The maximum absolute atomic E-state index is 11.8. The summed E-state index contributed by atoms with van der Waals surface area (Å²) in [5.74, 6) is 0.212. The van der Waals surface area contributed by atoms with E-state index in [9.17, 15) is 15.0 Å². The lowest BCUT2D eigenvalue weighted by atomic mass is 10.1. The van der Waals surface area contributed by atoms with Crippen LogP contribution in [0.2, 0.25) is 0 Å². The summed E-state index contributed by atoms with van der Waals surface area (Å²) in [6.07, 6.45) is 3.67. The first-order chi connectivity index (χ1) is 11.5. The van der Waals surface area contributed by atoms with Crippen LogP contribution in [0.15, 0.2) is 42.5 Å². The number of benzene rings is 2. The number of methoxy groups -OCH3 is 1. The van der Waals surface area contributed by atoms with Crippen molar-refractivity contribution in [1.29, 1.82) is 0 Å². The lowest BCUT2D eigenvalue weighted by Crippen LogP contribution is -2.23. The van der Waals surface area contributed by atoms with E-state index in [0.29, 0.717) is 18.5 Å². The van der Waals surface area contributed by atoms with Crippen LogP contribution in [0.4, 0.5) is 0 Å². The van der Waals surface area contributed by atoms with Crippen molar-refractivity contribution < 1.29 is 19.7 Å². The Bertz CT molecular complexity index is 753. The number of phenolic OH excluding ortho intramolecular Hbond substituents is 2. The van der Waals surface area contributed by atoms with Crippen LogP contribution in [0, 0.1) is 6.92 Å². The van der Waals surface area contributed by atoms with E-state index < -0.39 is 0 Å². The molecule has 0 unspecified atom stereocenters. The number of aromatic hydroxyl groups is 2. The van der Waals surface area contributed by atoms with Gasteiger partial charge in [-0.1, -0.05) is 18.2 Å². The van der Waals surface area contributed by atoms with Crippen LogP contribution in [-0.2, 0) is 11.2 Å². The summed E-state index contributed by atoms with van der Waals surface area (Å²) in [6.45, 7) is 2.49. The number of phenols is 2. The number of nitrogens with one attached hydrogen (secondary N) is 1. The van der Waals surface area contributed by atoms with Crippen LogP contribution >= 0.6 is 0 Å². The fourth-order valence-corrected chi connectivity index (χ4v) is 2.22. The van der Waals surface area contributed by atoms with Crippen LogP contribution < -0.4 is 10.1 Å². The molecule has 0 saturated carbocycles. The normalized spacial score (nSPS) is 10.8. The molecular formula is C19H21NO4. The number of ether oxygens (including phenoxy) is 1. The zero-order valence-corrected chi connectivity index (χ0v) is 13.7. The third-order valence-electron chi connectivity index (χ3n) is 3.61. The van der Waals surface area contributed by atoms with Gasteiger partial charge in [0.1, 0.15) is 5.75 Å². The van der Waals surface area contributed by atoms with Gasteiger partial charge in [-0.15, -0.1) is 0 Å². The van der Waals surface area contributed by atoms with Crippen molar-refractivity contribution in [3.05, 3.63) is 59.2 Å². The molecule has 24 heavy (non-hydrogen) atoms. The molecule has 0 atom stereocenters. The van der Waals surface area contributed by atoms with E-state index in [2.05, 4.69) is 5.32 Å². The number of carbonyl (C=O) groups excluding carboxylic acids is 1. The molecule has 126 valence electrons. The average molecular weight is 327 g/mol. The zero-order chi connectivity index (χ0) is 17.5. The zero-order valence-electron chi connectivity index (χ0n) is 13.7. The molecule has 0 radical (unpaired) electrons. The van der Waals surface area contributed by atoms with Gasteiger partial charge in [0.15, 0.2) is 11.5 Å². The van der Waals surface area contributed by atoms with Crippen LogP contribution in [0.3, 0.4) is 0 Å². The minimum Gasteiger partial charge on any atom is -0.504 e. The maximum Gasteiger partial charge on any atom is 0.244 e. The van der Waals surface area contributed by atoms with E-state index in [1.807, 2.05) is 25.1 Å². The molecule has 0 aliphatic carbocycles. The summed E-state index contributed by atoms with van der Waals surface area (Å²) < 4.78 is 5.28. The highest BCUT2D eigenvalue weighted by atomic mass is 16.5. The summed E-state index contributed by atoms with van der Waals surface area (Å²) in [5, 5.41) is 21.4. The quantitative estimate of drug-likeness (QED) is 0.563. The number of hydrogen-bond acceptors (Lipinski definition) is 4. The monoisotopic (exact) mass is 327 g/mol. The van der Waals surface area contributed by atoms with Crippen LogP contribution in [0.1, 0.15) is 16.7 Å². The SMILES string of the molecule is COc1cc(CCNC(=O)C=Cc2ccc(O)c(O)c2)ccc1C. The van der Waals surface area contributed by atoms with Gasteiger partial charge in [0.25, 0.3) is 0 Å². The van der Waals surface area contributed by atoms with E-state index in [1.54, 1.807) is 19.3 Å². The van der Waals surface area contributed by atoms with Crippen molar-refractivity contribution in [1.82, 2.24) is 5.32 Å². The Morgan fingerprint density at radius 1 is 1.17 bits per heavy atom. The van der Waals surface area contributed by atoms with Gasteiger partial charge in [-0.25, -0.2) is 0 Å². The summed E-state index contributed by atoms with van der Waals surface area (Å²) in [4.78, 5) is 11.8. The van der Waals surface area contributed by atoms with Crippen molar-refractivity contribution in [2.24, 2.45) is 0 Å². The average Bonchev–Trinajstić information content (AvgIpc) is 2.57. The molecule has 3 N–H and O–H groups in total. The van der Waals surface area contributed by atoms with E-state index in [4.69, 9.17) is 4.74 Å². The Balaban J connectivity index is 1.84. The topological polar surface area (TPSA) is 78.8 Å². The number of amides is 1. The smallest absolute Gasteiger partial charge is 0.244 e. The second-order valence-electron chi connectivity index (χ2n) is 5.43. The van der Waals surface area contributed by atoms with Gasteiger partial charge in [0, 0.05) is 12.6 Å². The predicted molar refractivity (Wildman–Crippen MR) is 93.3 cm³/mol. The molecule has 0 aliphatic rings. The second-order valence-corrected chi connectivity index (χ2v) is 5.43. The standard InChI is InChI=1S/C19H21NO4/c1-13-3-4-15(12-18(13)24-2)9-10-20-19(23)8-6-14-5-7-16(21)17(22)11-14/h3-8,11-12,21-22H,9-10H2,1-2H3,(H,20,23). The minimum atomic E-state index is -0.221. The van der Waals surface area contributed by atoms with Gasteiger partial charge in [-0.05, 0) is 54.3 Å². The lowest BCUT2D eigenvalue weighted by Gasteiger charge is -2.08. The summed E-state index contributed by atoms with van der Waals surface area (Å²) in [7, 11) is 1.64. The van der Waals surface area contributed by atoms with E-state index in [0.717, 1.165) is 16.9 Å². The van der Waals surface area contributed by atoms with Crippen LogP contribution in [-0.4, -0.2) is 29.8 Å². The summed E-state index contributed by atoms with van der Waals surface area (Å²) in [5.41, 5.74) is 2.79. The largest absolute Gasteiger partial charge is 0.504 e. The molecule has 5 nitrogen and oxygen atoms in total. The molecular weight excluding hydrogens is 306 g/mol. The van der Waals surface area contributed by atoms with Gasteiger partial charge in [-0.3, -0.25) is 4.79 Å². The first-order valence-corrected chi connectivity index (χ1v) is 7.61. The molecule has 0 saturated heterocycles. The van der Waals surface area contributed by atoms with Crippen molar-refractivity contribution in [3.63, 3.8) is 0 Å². The molecule has 2 aromatic carbocycles. The van der Waals surface area contributed by atoms with Crippen molar-refractivity contribution in [3.8, 4) is 17.2 Å². The molecule has 2 aromatic rings. The molecule has 2 rings (SSSR count). The molecule has 0 aromatic heterocycles. The molecule has 0 heterocycles. The van der Waals surface area contributed by atoms with Gasteiger partial charge in [-0.2, -0.15) is 0 Å². The summed E-state index contributed by atoms with van der Waals surface area (Å²) in [6, 6.07) is 10.3. The first-order valence-electron chi connectivity index (χ1n) is 7.61. The fourth-order valence-electron chi connectivity index (χ4n) is 2.22. The van der Waals surface area contributed by atoms with E-state index in [-0.39, 0.29) is 17.4 Å². The molecule has 1 amide bonds. The van der Waals surface area contributed by atoms with Gasteiger partial charge >= 0.3 is 0 Å². The highest BCUT2D eigenvalue weighted by molar-refractivity contribution is 5.91. The minimum absolute atomic E-state index is 0.190. The Labute approximate surface area is 141 Å². The van der Waals surface area contributed by atoms with Crippen LogP contribution in [0.5, 0.6) is 17.2 Å². The second kappa shape index (κ2) is 8.06. The fraction of sp³-hybridized carbons (Fsp3) is 0.211. The first kappa shape index (κ1) is 17.4. The van der Waals surface area contributed by atoms with E-state index >= 15 is 0 Å². The molecule has 0 aliphatic heterocycles. The third kappa shape index (κ3) is 4.78. The number of carbonyl (C=O) groups is 1. The molecule has 0 spiro atoms. The van der Waals surface area contributed by atoms with Gasteiger partial charge in [0.2, 0.25) is 5.91 Å². The van der Waals surface area contributed by atoms with Gasteiger partial charge < -0.3 is 20.3 Å². The molecule has 0 fully saturated rings. The lowest BCUT2D eigenvalue weighted by molar-refractivity contribution is -0.116. The van der Waals surface area contributed by atoms with Crippen LogP contribution in [0.25, 0.3) is 6.08 Å². The van der Waals surface area contributed by atoms with Crippen molar-refractivity contribution in [2.75, 3.05) is 13.7 Å². The number of aryl methyl sites for hydroxylation is 1. The molecule has 5 heteroatoms. The third-order valence-corrected chi connectivity index (χ3v) is 3.61. The Morgan fingerprint density at radius 3 is 2.67 bits per heavy atom. The number of rotatable bonds is 6. The summed E-state index contributed by atoms with van der Waals surface area (Å²) >= 11 is 0. The highest BCUT2D eigenvalue weighted by Gasteiger charge is 2.02. The van der Waals surface area contributed by atoms with Gasteiger partial charge in [0.05, 0.1) is 7.11 Å². The Kier molecular flexibility index (Phi) is 5.84. The van der Waals surface area contributed by atoms with E-state index in [1.165, 1.54) is 18.2 Å². The number of hydrogen-bond donors (Lipinski definition) is 3. The molecule has 0 bridgehead atoms. The maximum atomic E-state index is 11.8. The Morgan fingerprint density at radius 2 is 1.96 bits per heavy atom. The highest BCUT2D eigenvalue weighted by Crippen LogP contribution is 2.25. The van der Waals surface area contributed by atoms with Crippen molar-refractivity contribution >= 4 is 12.0 Å². The predicted octanol–water partition coefficient (Wildman–Crippen LogP) is 2.79.